The van der Waals surface area contributed by atoms with Crippen LogP contribution in [-0.2, 0) is 67.4 Å². The van der Waals surface area contributed by atoms with E-state index in [9.17, 15) is 29.1 Å². The van der Waals surface area contributed by atoms with E-state index in [1.54, 1.807) is 50.8 Å². The Bertz CT molecular complexity index is 3540. The van der Waals surface area contributed by atoms with Crippen molar-refractivity contribution < 1.29 is 44.0 Å². The number of hydrogen-bond acceptors (Lipinski definition) is 10. The normalized spacial score (nSPS) is 11.4. The van der Waals surface area contributed by atoms with Gasteiger partial charge < -0.3 is 14.9 Å². The van der Waals surface area contributed by atoms with Gasteiger partial charge in [0.2, 0.25) is 0 Å². The van der Waals surface area contributed by atoms with Crippen molar-refractivity contribution in [3.8, 4) is 22.3 Å². The van der Waals surface area contributed by atoms with Crippen LogP contribution >= 0.6 is 23.2 Å². The summed E-state index contributed by atoms with van der Waals surface area (Å²) in [5, 5.41) is 20.4. The molecule has 0 saturated heterocycles. The topological polar surface area (TPSA) is 198 Å². The quantitative estimate of drug-likeness (QED) is 0.0531. The number of carbonyl (C=O) groups is 2. The van der Waals surface area contributed by atoms with Crippen molar-refractivity contribution in [3.63, 3.8) is 0 Å². The number of unbranched alkanes of at least 4 members (excludes halogenated alkanes) is 1. The van der Waals surface area contributed by atoms with Gasteiger partial charge in [0, 0.05) is 85.8 Å². The van der Waals surface area contributed by atoms with Crippen LogP contribution < -0.4 is 22.5 Å². The maximum absolute atomic E-state index is 13.8. The van der Waals surface area contributed by atoms with Crippen LogP contribution in [0.15, 0.2) is 129 Å². The number of aryl methyl sites for hydroxylation is 2. The van der Waals surface area contributed by atoms with E-state index in [4.69, 9.17) is 37.8 Å². The van der Waals surface area contributed by atoms with Crippen molar-refractivity contribution in [2.45, 2.75) is 91.3 Å². The number of aliphatic hydroxyl groups is 1. The standard InChI is InChI=1S/C28H28ClN3O4.C28H30ClN3O3.CH2O2.Zn/c1-18(2)21-7-4-5-8-22(21)24-16-30-26-25(23(24)15-19-9-11-20(29)12-10-19)27(34)32(28(35)31(26)3)13-6-14-36-17-33;1-5-6-15-32-27(34)24-23(25(33)18-11-13-19(29)14-12-18)22(16-30-26(24)31(4)28(32)35)21-10-8-7-9-20(21)17(2)3;2-1-3;/h4-5,7-12,16-18H,6,13-15H2,1-3H3;7-14,16-17,25,33H,5-6,15H2,1-4H3;1H,(H,2,3);. The van der Waals surface area contributed by atoms with E-state index in [2.05, 4.69) is 43.7 Å². The molecule has 75 heavy (non-hydrogen) atoms. The van der Waals surface area contributed by atoms with E-state index in [-0.39, 0.29) is 62.0 Å². The Morgan fingerprint density at radius 3 is 1.60 bits per heavy atom. The third-order valence-corrected chi connectivity index (χ3v) is 13.3. The van der Waals surface area contributed by atoms with Crippen LogP contribution in [0.1, 0.15) is 105 Å². The Hall–Kier alpha value is -6.84. The van der Waals surface area contributed by atoms with Crippen molar-refractivity contribution in [2.24, 2.45) is 14.1 Å². The third-order valence-electron chi connectivity index (χ3n) is 12.8. The van der Waals surface area contributed by atoms with Gasteiger partial charge in [-0.3, -0.25) is 37.4 Å². The zero-order valence-electron chi connectivity index (χ0n) is 43.1. The summed E-state index contributed by atoms with van der Waals surface area (Å²) in [5.74, 6) is 0.471. The molecule has 15 nitrogen and oxygen atoms in total. The zero-order valence-corrected chi connectivity index (χ0v) is 47.6. The van der Waals surface area contributed by atoms with E-state index in [1.807, 2.05) is 73.7 Å². The monoisotopic (exact) mass is 1110 g/mol. The molecule has 0 amide bonds. The second kappa shape index (κ2) is 27.1. The first kappa shape index (κ1) is 59.0. The molecule has 8 aromatic rings. The molecule has 8 rings (SSSR count). The molecule has 0 fully saturated rings. The summed E-state index contributed by atoms with van der Waals surface area (Å²) in [6.45, 7) is 11.1. The zero-order chi connectivity index (χ0) is 53.8. The number of nitrogens with zero attached hydrogens (tertiary/aromatic N) is 6. The molecule has 0 saturated carbocycles. The van der Waals surface area contributed by atoms with Crippen molar-refractivity contribution in [1.29, 1.82) is 0 Å². The first-order valence-corrected chi connectivity index (χ1v) is 25.0. The molecule has 388 valence electrons. The molecule has 0 aliphatic heterocycles. The molecule has 4 aromatic carbocycles. The Labute approximate surface area is 456 Å². The van der Waals surface area contributed by atoms with Gasteiger partial charge in [0.25, 0.3) is 24.1 Å². The molecule has 2 N–H and O–H groups in total. The van der Waals surface area contributed by atoms with Crippen molar-refractivity contribution in [3.05, 3.63) is 195 Å². The molecule has 0 aliphatic rings. The van der Waals surface area contributed by atoms with Gasteiger partial charge in [-0.2, -0.15) is 0 Å². The number of fused-ring (bicyclic) bond motifs is 2. The fourth-order valence-electron chi connectivity index (χ4n) is 9.07. The summed E-state index contributed by atoms with van der Waals surface area (Å²) >= 11 is 12.2. The first-order chi connectivity index (χ1) is 35.5. The largest absolute Gasteiger partial charge is 0.483 e. The van der Waals surface area contributed by atoms with Gasteiger partial charge in [-0.25, -0.2) is 19.6 Å². The maximum atomic E-state index is 13.8. The van der Waals surface area contributed by atoms with Crippen LogP contribution in [-0.4, -0.2) is 58.0 Å². The van der Waals surface area contributed by atoms with Gasteiger partial charge in [0.05, 0.1) is 17.4 Å². The number of aliphatic hydroxyl groups excluding tert-OH is 1. The van der Waals surface area contributed by atoms with Gasteiger partial charge in [-0.05, 0) is 94.3 Å². The average molecular weight is 1110 g/mol. The molecule has 0 radical (unpaired) electrons. The van der Waals surface area contributed by atoms with Gasteiger partial charge in [-0.1, -0.05) is 137 Å². The molecule has 18 heteroatoms. The Morgan fingerprint density at radius 1 is 0.640 bits per heavy atom. The fraction of sp³-hybridized carbons (Fsp3) is 0.298. The van der Waals surface area contributed by atoms with Crippen molar-refractivity contribution in [2.75, 3.05) is 6.61 Å². The molecule has 4 aromatic heterocycles. The van der Waals surface area contributed by atoms with Crippen LogP contribution in [0.4, 0.5) is 0 Å². The number of hydrogen-bond donors (Lipinski definition) is 2. The van der Waals surface area contributed by atoms with Gasteiger partial charge >= 0.3 is 11.4 Å². The average Bonchev–Trinajstić information content (AvgIpc) is 3.40. The predicted molar refractivity (Wildman–Crippen MR) is 292 cm³/mol. The van der Waals surface area contributed by atoms with Gasteiger partial charge in [0.1, 0.15) is 17.4 Å². The summed E-state index contributed by atoms with van der Waals surface area (Å²) in [7, 11) is 3.23. The van der Waals surface area contributed by atoms with Crippen molar-refractivity contribution in [1.82, 2.24) is 28.2 Å². The molecular weight excluding hydrogens is 1050 g/mol. The molecule has 0 aliphatic carbocycles. The second-order valence-corrected chi connectivity index (χ2v) is 19.1. The van der Waals surface area contributed by atoms with E-state index in [0.717, 1.165) is 45.4 Å². The summed E-state index contributed by atoms with van der Waals surface area (Å²) in [6, 6.07) is 30.5. The fourth-order valence-corrected chi connectivity index (χ4v) is 9.32. The SMILES string of the molecule is CC(C)c1ccccc1-c1cnc2c(c1Cc1ccc(Cl)cc1)c(=O)n(CCCOC=O)c(=O)n2C.CCCCn1c(=O)c2c(C(O)c3ccc(Cl)cc3)c(-c3ccccc3C(C)C)cnc2n(C)c1=O.O=CO.[Zn]. The number of ether oxygens (including phenoxy) is 1. The maximum Gasteiger partial charge on any atom is 0.332 e. The van der Waals surface area contributed by atoms with Crippen molar-refractivity contribution >= 4 is 58.2 Å². The second-order valence-electron chi connectivity index (χ2n) is 18.3. The van der Waals surface area contributed by atoms with Crippen LogP contribution in [0, 0.1) is 0 Å². The molecule has 4 heterocycles. The number of aromatic nitrogens is 6. The number of carboxylic acid groups (broad SMARTS) is 1. The number of rotatable bonds is 16. The van der Waals surface area contributed by atoms with E-state index >= 15 is 0 Å². The number of halogens is 2. The number of benzene rings is 4. The van der Waals surface area contributed by atoms with Crippen LogP contribution in [0.2, 0.25) is 10.0 Å². The van der Waals surface area contributed by atoms with Crippen LogP contribution in [0.25, 0.3) is 44.3 Å². The summed E-state index contributed by atoms with van der Waals surface area (Å²) in [5.41, 5.74) is 7.34. The van der Waals surface area contributed by atoms with Gasteiger partial charge in [-0.15, -0.1) is 0 Å². The predicted octanol–water partition coefficient (Wildman–Crippen LogP) is 9.81. The van der Waals surface area contributed by atoms with E-state index in [0.29, 0.717) is 70.0 Å². The van der Waals surface area contributed by atoms with E-state index in [1.165, 1.54) is 18.3 Å². The molecule has 1 unspecified atom stereocenters. The first-order valence-electron chi connectivity index (χ1n) is 24.2. The Balaban J connectivity index is 0.000000260. The molecule has 0 bridgehead atoms. The Morgan fingerprint density at radius 2 is 1.09 bits per heavy atom. The van der Waals surface area contributed by atoms with Crippen LogP contribution in [0.5, 0.6) is 0 Å². The van der Waals surface area contributed by atoms with Gasteiger partial charge in [0.15, 0.2) is 0 Å². The third kappa shape index (κ3) is 13.2. The molecule has 0 spiro atoms. The number of pyridine rings is 2. The minimum Gasteiger partial charge on any atom is -0.483 e. The minimum atomic E-state index is -1.13. The summed E-state index contributed by atoms with van der Waals surface area (Å²) in [4.78, 5) is 81.7. The van der Waals surface area contributed by atoms with E-state index < -0.39 is 28.6 Å². The summed E-state index contributed by atoms with van der Waals surface area (Å²) < 4.78 is 9.99. The number of carbonyl (C=O) groups excluding carboxylic acids is 1. The smallest absolute Gasteiger partial charge is 0.332 e. The van der Waals surface area contributed by atoms with Crippen LogP contribution in [0.3, 0.4) is 0 Å². The molecule has 1 atom stereocenters. The summed E-state index contributed by atoms with van der Waals surface area (Å²) in [6.07, 6.45) is 4.63. The minimum absolute atomic E-state index is 0. The molecular formula is C57H60Cl2N6O9Zn. The Kier molecular flexibility index (Phi) is 21.3.